The molecule has 4 nitrogen and oxygen atoms in total. The SMILES string of the molecule is COc1cccc(C(=O)N/N=C(/C)c2ccc(F)cc2)c1. The van der Waals surface area contributed by atoms with Gasteiger partial charge in [-0.05, 0) is 42.8 Å². The molecule has 0 aliphatic rings. The molecule has 0 saturated heterocycles. The molecule has 108 valence electrons. The summed E-state index contributed by atoms with van der Waals surface area (Å²) in [5.74, 6) is -0.0517. The first-order chi connectivity index (χ1) is 10.1. The van der Waals surface area contributed by atoms with Crippen LogP contribution < -0.4 is 10.2 Å². The number of nitrogens with one attached hydrogen (secondary N) is 1. The number of nitrogens with zero attached hydrogens (tertiary/aromatic N) is 1. The smallest absolute Gasteiger partial charge is 0.271 e. The summed E-state index contributed by atoms with van der Waals surface area (Å²) in [6.07, 6.45) is 0. The zero-order valence-electron chi connectivity index (χ0n) is 11.8. The quantitative estimate of drug-likeness (QED) is 0.694. The Hall–Kier alpha value is -2.69. The summed E-state index contributed by atoms with van der Waals surface area (Å²) in [5.41, 5.74) is 4.24. The lowest BCUT2D eigenvalue weighted by molar-refractivity contribution is 0.0954. The highest BCUT2D eigenvalue weighted by molar-refractivity contribution is 6.00. The van der Waals surface area contributed by atoms with Crippen molar-refractivity contribution in [2.45, 2.75) is 6.92 Å². The molecule has 0 aliphatic heterocycles. The number of hydrogen-bond donors (Lipinski definition) is 1. The summed E-state index contributed by atoms with van der Waals surface area (Å²) >= 11 is 0. The van der Waals surface area contributed by atoms with E-state index < -0.39 is 0 Å². The van der Waals surface area contributed by atoms with Crippen LogP contribution in [0.2, 0.25) is 0 Å². The summed E-state index contributed by atoms with van der Waals surface area (Å²) in [7, 11) is 1.54. The average molecular weight is 286 g/mol. The molecule has 2 aromatic rings. The average Bonchev–Trinajstić information content (AvgIpc) is 2.53. The van der Waals surface area contributed by atoms with Crippen LogP contribution in [0.5, 0.6) is 5.75 Å². The third kappa shape index (κ3) is 3.89. The van der Waals surface area contributed by atoms with Crippen LogP contribution in [-0.4, -0.2) is 18.7 Å². The molecular formula is C16H15FN2O2. The normalized spacial score (nSPS) is 11.1. The number of rotatable bonds is 4. The number of ether oxygens (including phenoxy) is 1. The molecule has 5 heteroatoms. The van der Waals surface area contributed by atoms with Crippen LogP contribution in [0.1, 0.15) is 22.8 Å². The van der Waals surface area contributed by atoms with Crippen molar-refractivity contribution in [3.05, 3.63) is 65.5 Å². The van der Waals surface area contributed by atoms with Gasteiger partial charge in [-0.1, -0.05) is 18.2 Å². The summed E-state index contributed by atoms with van der Waals surface area (Å²) in [6, 6.07) is 12.7. The molecule has 0 radical (unpaired) electrons. The number of methoxy groups -OCH3 is 1. The lowest BCUT2D eigenvalue weighted by atomic mass is 10.1. The van der Waals surface area contributed by atoms with Gasteiger partial charge in [0.15, 0.2) is 0 Å². The minimum atomic E-state index is -0.338. The van der Waals surface area contributed by atoms with E-state index in [1.54, 1.807) is 43.3 Å². The Balaban J connectivity index is 2.08. The van der Waals surface area contributed by atoms with Crippen molar-refractivity contribution >= 4 is 11.6 Å². The third-order valence-electron chi connectivity index (χ3n) is 2.92. The van der Waals surface area contributed by atoms with Crippen LogP contribution in [0.25, 0.3) is 0 Å². The number of amides is 1. The molecule has 2 aromatic carbocycles. The highest BCUT2D eigenvalue weighted by Gasteiger charge is 2.06. The van der Waals surface area contributed by atoms with E-state index in [1.165, 1.54) is 19.2 Å². The van der Waals surface area contributed by atoms with E-state index in [0.717, 1.165) is 5.56 Å². The molecule has 0 atom stereocenters. The summed E-state index contributed by atoms with van der Waals surface area (Å²) in [4.78, 5) is 12.0. The first-order valence-corrected chi connectivity index (χ1v) is 6.35. The van der Waals surface area contributed by atoms with Crippen LogP contribution in [0.15, 0.2) is 53.6 Å². The molecule has 1 amide bonds. The van der Waals surface area contributed by atoms with Gasteiger partial charge in [-0.25, -0.2) is 9.82 Å². The van der Waals surface area contributed by atoms with Crippen molar-refractivity contribution in [2.24, 2.45) is 5.10 Å². The third-order valence-corrected chi connectivity index (χ3v) is 2.92. The zero-order valence-corrected chi connectivity index (χ0v) is 11.8. The Morgan fingerprint density at radius 1 is 1.14 bits per heavy atom. The van der Waals surface area contributed by atoms with Gasteiger partial charge in [-0.3, -0.25) is 4.79 Å². The van der Waals surface area contributed by atoms with Crippen LogP contribution in [-0.2, 0) is 0 Å². The van der Waals surface area contributed by atoms with Crippen molar-refractivity contribution in [2.75, 3.05) is 7.11 Å². The second-order valence-corrected chi connectivity index (χ2v) is 4.38. The van der Waals surface area contributed by atoms with Crippen molar-refractivity contribution in [1.29, 1.82) is 0 Å². The first-order valence-electron chi connectivity index (χ1n) is 6.35. The van der Waals surface area contributed by atoms with Gasteiger partial charge in [0.1, 0.15) is 11.6 Å². The van der Waals surface area contributed by atoms with Gasteiger partial charge < -0.3 is 4.74 Å². The number of carbonyl (C=O) groups excluding carboxylic acids is 1. The maximum absolute atomic E-state index is 12.8. The van der Waals surface area contributed by atoms with Gasteiger partial charge >= 0.3 is 0 Å². The van der Waals surface area contributed by atoms with Gasteiger partial charge in [-0.15, -0.1) is 0 Å². The molecule has 0 spiro atoms. The fourth-order valence-corrected chi connectivity index (χ4v) is 1.72. The molecule has 0 bridgehead atoms. The molecule has 2 rings (SSSR count). The van der Waals surface area contributed by atoms with E-state index in [-0.39, 0.29) is 11.7 Å². The van der Waals surface area contributed by atoms with Crippen molar-refractivity contribution in [1.82, 2.24) is 5.43 Å². The van der Waals surface area contributed by atoms with Gasteiger partial charge in [0.05, 0.1) is 12.8 Å². The lowest BCUT2D eigenvalue weighted by Crippen LogP contribution is -2.19. The van der Waals surface area contributed by atoms with E-state index in [4.69, 9.17) is 4.74 Å². The molecule has 1 N–H and O–H groups in total. The monoisotopic (exact) mass is 286 g/mol. The zero-order chi connectivity index (χ0) is 15.2. The van der Waals surface area contributed by atoms with Crippen LogP contribution >= 0.6 is 0 Å². The molecule has 0 aliphatic carbocycles. The fraction of sp³-hybridized carbons (Fsp3) is 0.125. The minimum Gasteiger partial charge on any atom is -0.497 e. The summed E-state index contributed by atoms with van der Waals surface area (Å²) in [5, 5.41) is 4.01. The van der Waals surface area contributed by atoms with Gasteiger partial charge in [0.25, 0.3) is 5.91 Å². The predicted octanol–water partition coefficient (Wildman–Crippen LogP) is 2.99. The fourth-order valence-electron chi connectivity index (χ4n) is 1.72. The highest BCUT2D eigenvalue weighted by Crippen LogP contribution is 2.12. The van der Waals surface area contributed by atoms with Gasteiger partial charge in [-0.2, -0.15) is 5.10 Å². The minimum absolute atomic E-state index is 0.313. The number of halogens is 1. The number of hydrazone groups is 1. The molecule has 0 aromatic heterocycles. The van der Waals surface area contributed by atoms with Crippen LogP contribution in [0, 0.1) is 5.82 Å². The topological polar surface area (TPSA) is 50.7 Å². The summed E-state index contributed by atoms with van der Waals surface area (Å²) < 4.78 is 17.9. The Kier molecular flexibility index (Phi) is 4.66. The van der Waals surface area contributed by atoms with Crippen molar-refractivity contribution in [3.63, 3.8) is 0 Å². The number of hydrogen-bond acceptors (Lipinski definition) is 3. The first kappa shape index (κ1) is 14.7. The highest BCUT2D eigenvalue weighted by atomic mass is 19.1. The van der Waals surface area contributed by atoms with Crippen LogP contribution in [0.4, 0.5) is 4.39 Å². The largest absolute Gasteiger partial charge is 0.497 e. The predicted molar refractivity (Wildman–Crippen MR) is 79.1 cm³/mol. The molecular weight excluding hydrogens is 271 g/mol. The van der Waals surface area contributed by atoms with E-state index >= 15 is 0 Å². The maximum atomic E-state index is 12.8. The van der Waals surface area contributed by atoms with Crippen molar-refractivity contribution < 1.29 is 13.9 Å². The maximum Gasteiger partial charge on any atom is 0.271 e. The Bertz CT molecular complexity index is 666. The summed E-state index contributed by atoms with van der Waals surface area (Å²) in [6.45, 7) is 1.74. The molecule has 0 unspecified atom stereocenters. The van der Waals surface area contributed by atoms with Crippen LogP contribution in [0.3, 0.4) is 0 Å². The second-order valence-electron chi connectivity index (χ2n) is 4.38. The van der Waals surface area contributed by atoms with E-state index in [2.05, 4.69) is 10.5 Å². The number of carbonyl (C=O) groups is 1. The standard InChI is InChI=1S/C16H15FN2O2/c1-11(12-6-8-14(17)9-7-12)18-19-16(20)13-4-3-5-15(10-13)21-2/h3-10H,1-2H3,(H,19,20)/b18-11-. The van der Waals surface area contributed by atoms with Gasteiger partial charge in [0, 0.05) is 5.56 Å². The van der Waals surface area contributed by atoms with E-state index in [0.29, 0.717) is 17.0 Å². The molecule has 0 fully saturated rings. The van der Waals surface area contributed by atoms with Crippen molar-refractivity contribution in [3.8, 4) is 5.75 Å². The molecule has 21 heavy (non-hydrogen) atoms. The Labute approximate surface area is 122 Å². The Morgan fingerprint density at radius 3 is 2.52 bits per heavy atom. The molecule has 0 saturated carbocycles. The Morgan fingerprint density at radius 2 is 1.86 bits per heavy atom. The van der Waals surface area contributed by atoms with E-state index in [9.17, 15) is 9.18 Å². The second kappa shape index (κ2) is 6.65. The van der Waals surface area contributed by atoms with E-state index in [1.807, 2.05) is 0 Å². The lowest BCUT2D eigenvalue weighted by Gasteiger charge is -2.05. The number of benzene rings is 2. The molecule has 0 heterocycles. The van der Waals surface area contributed by atoms with Gasteiger partial charge in [0.2, 0.25) is 0 Å².